The molecule has 43 heavy (non-hydrogen) atoms. The summed E-state index contributed by atoms with van der Waals surface area (Å²) in [6.07, 6.45) is -5.83. The molecule has 0 bridgehead atoms. The molecule has 11 N–H and O–H groups in total. The van der Waals surface area contributed by atoms with Crippen molar-refractivity contribution in [2.24, 2.45) is 5.92 Å². The molecule has 0 aliphatic carbocycles. The van der Waals surface area contributed by atoms with Gasteiger partial charge in [0, 0.05) is 45.8 Å². The van der Waals surface area contributed by atoms with Gasteiger partial charge in [-0.15, -0.1) is 0 Å². The maximum atomic E-state index is 12.4. The van der Waals surface area contributed by atoms with Crippen LogP contribution in [0, 0.1) is 5.92 Å². The largest absolute Gasteiger partial charge is 0.481 e. The van der Waals surface area contributed by atoms with Crippen LogP contribution in [0.5, 0.6) is 0 Å². The number of carbonyl (C=O) groups is 5. The predicted molar refractivity (Wildman–Crippen MR) is 146 cm³/mol. The molecule has 0 rings (SSSR count). The SMILES string of the molecule is CCN(CCN(CCN(CC(=O)NCC(O)C(O)CO)CC(C(=O)O)C(=O)O)CC(=O)O)CC(=O)NCC(O)C(O)CO. The molecular formula is C24H45N5O14. The van der Waals surface area contributed by atoms with E-state index in [-0.39, 0.29) is 39.3 Å². The Hall–Kier alpha value is -3.01. The van der Waals surface area contributed by atoms with Crippen molar-refractivity contribution in [1.82, 2.24) is 25.3 Å². The van der Waals surface area contributed by atoms with Crippen molar-refractivity contribution in [1.29, 1.82) is 0 Å². The number of aliphatic carboxylic acids is 3. The molecule has 2 amide bonds. The first kappa shape index (κ1) is 40.0. The van der Waals surface area contributed by atoms with Crippen molar-refractivity contribution >= 4 is 29.7 Å². The number of hydrogen-bond acceptors (Lipinski definition) is 14. The predicted octanol–water partition coefficient (Wildman–Crippen LogP) is -6.56. The summed E-state index contributed by atoms with van der Waals surface area (Å²) >= 11 is 0. The van der Waals surface area contributed by atoms with Crippen LogP contribution in [0.25, 0.3) is 0 Å². The van der Waals surface area contributed by atoms with Crippen LogP contribution in [-0.2, 0) is 24.0 Å². The fraction of sp³-hybridized carbons (Fsp3) is 0.792. The minimum Gasteiger partial charge on any atom is -0.481 e. The number of carbonyl (C=O) groups excluding carboxylic acids is 2. The van der Waals surface area contributed by atoms with E-state index in [2.05, 4.69) is 10.6 Å². The van der Waals surface area contributed by atoms with E-state index in [9.17, 15) is 59.7 Å². The zero-order chi connectivity index (χ0) is 33.1. The van der Waals surface area contributed by atoms with Crippen LogP contribution in [0.1, 0.15) is 6.92 Å². The molecule has 0 saturated carbocycles. The summed E-state index contributed by atoms with van der Waals surface area (Å²) in [5.41, 5.74) is 0. The smallest absolute Gasteiger partial charge is 0.319 e. The molecule has 250 valence electrons. The molecule has 0 aliphatic rings. The zero-order valence-corrected chi connectivity index (χ0v) is 24.0. The van der Waals surface area contributed by atoms with E-state index >= 15 is 0 Å². The third-order valence-electron chi connectivity index (χ3n) is 6.32. The van der Waals surface area contributed by atoms with Crippen LogP contribution in [-0.4, -0.2) is 200 Å². The molecule has 19 nitrogen and oxygen atoms in total. The summed E-state index contributed by atoms with van der Waals surface area (Å²) in [5, 5.41) is 88.5. The molecule has 0 spiro atoms. The Bertz CT molecular complexity index is 867. The second kappa shape index (κ2) is 21.6. The molecule has 19 heteroatoms. The molecular weight excluding hydrogens is 582 g/mol. The van der Waals surface area contributed by atoms with Gasteiger partial charge in [-0.3, -0.25) is 38.7 Å². The van der Waals surface area contributed by atoms with Gasteiger partial charge in [-0.1, -0.05) is 6.92 Å². The van der Waals surface area contributed by atoms with Crippen LogP contribution in [0.15, 0.2) is 0 Å². The minimum absolute atomic E-state index is 0.0492. The number of nitrogens with one attached hydrogen (secondary N) is 2. The quantitative estimate of drug-likeness (QED) is 0.0419. The summed E-state index contributed by atoms with van der Waals surface area (Å²) in [7, 11) is 0. The maximum Gasteiger partial charge on any atom is 0.319 e. The highest BCUT2D eigenvalue weighted by Gasteiger charge is 2.30. The first-order chi connectivity index (χ1) is 20.1. The minimum atomic E-state index is -1.91. The Morgan fingerprint density at radius 1 is 0.605 bits per heavy atom. The lowest BCUT2D eigenvalue weighted by molar-refractivity contribution is -0.155. The van der Waals surface area contributed by atoms with Crippen molar-refractivity contribution in [2.75, 3.05) is 85.2 Å². The van der Waals surface area contributed by atoms with E-state index in [1.165, 1.54) is 9.80 Å². The highest BCUT2D eigenvalue weighted by molar-refractivity contribution is 5.93. The van der Waals surface area contributed by atoms with E-state index in [1.807, 2.05) is 0 Å². The summed E-state index contributed by atoms with van der Waals surface area (Å²) in [4.78, 5) is 63.3. The lowest BCUT2D eigenvalue weighted by atomic mass is 10.1. The number of amides is 2. The van der Waals surface area contributed by atoms with Gasteiger partial charge in [-0.25, -0.2) is 0 Å². The average molecular weight is 628 g/mol. The standard InChI is InChI=1S/C24H45N5O14/c1-2-27(10-20(36)25-7-16(32)18(34)13-30)3-4-28(12-22(38)39)5-6-29(9-15(23(40)41)24(42)43)11-21(37)26-8-17(33)19(35)14-31/h15-19,30-35H,2-14H2,1H3,(H,25,36)(H,26,37)(H,38,39)(H,40,41)(H,42,43). The molecule has 4 atom stereocenters. The second-order valence-electron chi connectivity index (χ2n) is 9.75. The molecule has 0 aromatic heterocycles. The van der Waals surface area contributed by atoms with Gasteiger partial charge < -0.3 is 56.6 Å². The van der Waals surface area contributed by atoms with Gasteiger partial charge in [0.25, 0.3) is 0 Å². The second-order valence-corrected chi connectivity index (χ2v) is 9.75. The first-order valence-electron chi connectivity index (χ1n) is 13.5. The molecule has 0 aliphatic heterocycles. The number of rotatable bonds is 25. The third kappa shape index (κ3) is 17.6. The third-order valence-corrected chi connectivity index (χ3v) is 6.32. The van der Waals surface area contributed by atoms with E-state index in [0.29, 0.717) is 6.54 Å². The van der Waals surface area contributed by atoms with Crippen LogP contribution in [0.2, 0.25) is 0 Å². The average Bonchev–Trinajstić information content (AvgIpc) is 2.95. The first-order valence-corrected chi connectivity index (χ1v) is 13.5. The Kier molecular flexibility index (Phi) is 20.1. The number of aliphatic hydroxyl groups excluding tert-OH is 6. The summed E-state index contributed by atoms with van der Waals surface area (Å²) in [6.45, 7) is -1.74. The molecule has 0 aromatic rings. The highest BCUT2D eigenvalue weighted by Crippen LogP contribution is 2.04. The number of nitrogens with zero attached hydrogens (tertiary/aromatic N) is 3. The number of hydrogen-bond donors (Lipinski definition) is 11. The van der Waals surface area contributed by atoms with Crippen molar-refractivity contribution < 1.29 is 69.9 Å². The van der Waals surface area contributed by atoms with Gasteiger partial charge >= 0.3 is 17.9 Å². The number of likely N-dealkylation sites (N-methyl/N-ethyl adjacent to an activating group) is 1. The van der Waals surface area contributed by atoms with Gasteiger partial charge in [-0.2, -0.15) is 0 Å². The topological polar surface area (TPSA) is 301 Å². The monoisotopic (exact) mass is 627 g/mol. The molecule has 0 radical (unpaired) electrons. The lowest BCUT2D eigenvalue weighted by Crippen LogP contribution is -2.49. The summed E-state index contributed by atoms with van der Waals surface area (Å²) in [5.74, 6) is -7.68. The van der Waals surface area contributed by atoms with Gasteiger partial charge in [0.1, 0.15) is 12.2 Å². The molecule has 0 aromatic carbocycles. The molecule has 4 unspecified atom stereocenters. The Morgan fingerprint density at radius 3 is 1.37 bits per heavy atom. The summed E-state index contributed by atoms with van der Waals surface area (Å²) < 4.78 is 0. The van der Waals surface area contributed by atoms with Crippen molar-refractivity contribution in [3.8, 4) is 0 Å². The van der Waals surface area contributed by atoms with Gasteiger partial charge in [0.2, 0.25) is 11.8 Å². The van der Waals surface area contributed by atoms with Crippen LogP contribution in [0.4, 0.5) is 0 Å². The lowest BCUT2D eigenvalue weighted by Gasteiger charge is -2.29. The highest BCUT2D eigenvalue weighted by atomic mass is 16.4. The van der Waals surface area contributed by atoms with Gasteiger partial charge in [0.05, 0.1) is 45.1 Å². The van der Waals surface area contributed by atoms with Gasteiger partial charge in [-0.05, 0) is 6.54 Å². The fourth-order valence-corrected chi connectivity index (χ4v) is 3.60. The van der Waals surface area contributed by atoms with Gasteiger partial charge in [0.15, 0.2) is 5.92 Å². The number of aliphatic hydroxyl groups is 6. The molecule has 0 heterocycles. The van der Waals surface area contributed by atoms with E-state index in [0.717, 1.165) is 0 Å². The Morgan fingerprint density at radius 2 is 1.00 bits per heavy atom. The number of carboxylic acids is 3. The summed E-state index contributed by atoms with van der Waals surface area (Å²) in [6, 6.07) is 0. The number of carboxylic acid groups (broad SMARTS) is 3. The Labute approximate surface area is 247 Å². The molecule has 0 fully saturated rings. The zero-order valence-electron chi connectivity index (χ0n) is 24.0. The van der Waals surface area contributed by atoms with Crippen LogP contribution in [0.3, 0.4) is 0 Å². The molecule has 0 saturated heterocycles. The van der Waals surface area contributed by atoms with Crippen molar-refractivity contribution in [2.45, 2.75) is 31.3 Å². The van der Waals surface area contributed by atoms with E-state index in [4.69, 9.17) is 10.2 Å². The normalized spacial score (nSPS) is 14.5. The fourth-order valence-electron chi connectivity index (χ4n) is 3.60. The van der Waals surface area contributed by atoms with Crippen LogP contribution >= 0.6 is 0 Å². The van der Waals surface area contributed by atoms with Crippen molar-refractivity contribution in [3.05, 3.63) is 0 Å². The van der Waals surface area contributed by atoms with E-state index < -0.39 is 99.4 Å². The Balaban J connectivity index is 5.34. The van der Waals surface area contributed by atoms with E-state index in [1.54, 1.807) is 11.8 Å². The maximum absolute atomic E-state index is 12.4. The van der Waals surface area contributed by atoms with Crippen LogP contribution < -0.4 is 10.6 Å². The van der Waals surface area contributed by atoms with Crippen molar-refractivity contribution in [3.63, 3.8) is 0 Å².